The Kier molecular flexibility index (Phi) is 2.77. The lowest BCUT2D eigenvalue weighted by Crippen LogP contribution is -1.87. The van der Waals surface area contributed by atoms with Gasteiger partial charge in [0.15, 0.2) is 0 Å². The van der Waals surface area contributed by atoms with Crippen LogP contribution in [-0.2, 0) is 12.8 Å². The molecule has 0 heteroatoms. The molecule has 2 rings (SSSR count). The van der Waals surface area contributed by atoms with E-state index in [-0.39, 0.29) is 0 Å². The first-order valence-electron chi connectivity index (χ1n) is 5.76. The van der Waals surface area contributed by atoms with Crippen molar-refractivity contribution < 1.29 is 0 Å². The smallest absolute Gasteiger partial charge is 0.0152 e. The van der Waals surface area contributed by atoms with Crippen LogP contribution in [0.3, 0.4) is 0 Å². The van der Waals surface area contributed by atoms with Gasteiger partial charge in [-0.1, -0.05) is 44.2 Å². The maximum absolute atomic E-state index is 2.32. The van der Waals surface area contributed by atoms with Crippen molar-refractivity contribution in [1.29, 1.82) is 0 Å². The molecule has 0 aliphatic rings. The lowest BCUT2D eigenvalue weighted by molar-refractivity contribution is 1.13. The summed E-state index contributed by atoms with van der Waals surface area (Å²) in [4.78, 5) is 0. The number of benzene rings is 2. The van der Waals surface area contributed by atoms with Gasteiger partial charge in [-0.3, -0.25) is 0 Å². The van der Waals surface area contributed by atoms with E-state index in [1.165, 1.54) is 27.5 Å². The number of aryl methyl sites for hydroxylation is 3. The first kappa shape index (κ1) is 10.2. The van der Waals surface area contributed by atoms with E-state index in [1.54, 1.807) is 0 Å². The highest BCUT2D eigenvalue weighted by Gasteiger charge is 2.00. The first-order chi connectivity index (χ1) is 7.24. The normalized spacial score (nSPS) is 10.9. The van der Waals surface area contributed by atoms with Crippen LogP contribution in [0.4, 0.5) is 0 Å². The Morgan fingerprint density at radius 1 is 0.867 bits per heavy atom. The van der Waals surface area contributed by atoms with E-state index >= 15 is 0 Å². The molecule has 0 spiro atoms. The molecule has 0 fully saturated rings. The predicted octanol–water partition coefficient (Wildman–Crippen LogP) is 4.27. The summed E-state index contributed by atoms with van der Waals surface area (Å²) < 4.78 is 0. The molecule has 2 aromatic carbocycles. The summed E-state index contributed by atoms with van der Waals surface area (Å²) in [5.41, 5.74) is 4.26. The van der Waals surface area contributed by atoms with Crippen molar-refractivity contribution in [3.8, 4) is 0 Å². The highest BCUT2D eigenvalue weighted by Crippen LogP contribution is 2.22. The van der Waals surface area contributed by atoms with E-state index in [2.05, 4.69) is 51.1 Å². The highest BCUT2D eigenvalue weighted by molar-refractivity contribution is 5.87. The molecule has 0 radical (unpaired) electrons. The third-order valence-electron chi connectivity index (χ3n) is 3.10. The quantitative estimate of drug-likeness (QED) is 0.676. The van der Waals surface area contributed by atoms with E-state index in [0.717, 1.165) is 12.8 Å². The zero-order chi connectivity index (χ0) is 10.8. The van der Waals surface area contributed by atoms with Crippen molar-refractivity contribution in [2.45, 2.75) is 33.6 Å². The molecule has 78 valence electrons. The average molecular weight is 198 g/mol. The number of hydrogen-bond acceptors (Lipinski definition) is 0. The number of hydrogen-bond donors (Lipinski definition) is 0. The summed E-state index contributed by atoms with van der Waals surface area (Å²) in [6.45, 7) is 6.62. The second-order valence-corrected chi connectivity index (χ2v) is 4.18. The molecule has 0 unspecified atom stereocenters. The van der Waals surface area contributed by atoms with Crippen molar-refractivity contribution in [3.05, 3.63) is 47.0 Å². The zero-order valence-electron chi connectivity index (χ0n) is 9.80. The summed E-state index contributed by atoms with van der Waals surface area (Å²) in [5.74, 6) is 0. The molecule has 0 heterocycles. The fraction of sp³-hybridized carbons (Fsp3) is 0.333. The van der Waals surface area contributed by atoms with Crippen LogP contribution in [0, 0.1) is 6.92 Å². The Morgan fingerprint density at radius 2 is 1.60 bits per heavy atom. The van der Waals surface area contributed by atoms with Crippen molar-refractivity contribution in [3.63, 3.8) is 0 Å². The summed E-state index contributed by atoms with van der Waals surface area (Å²) in [5, 5.41) is 2.79. The molecule has 0 saturated heterocycles. The molecular formula is C15H18. The molecule has 2 aromatic rings. The van der Waals surface area contributed by atoms with E-state index in [4.69, 9.17) is 0 Å². The molecule has 15 heavy (non-hydrogen) atoms. The van der Waals surface area contributed by atoms with Gasteiger partial charge < -0.3 is 0 Å². The summed E-state index contributed by atoms with van der Waals surface area (Å²) >= 11 is 0. The zero-order valence-corrected chi connectivity index (χ0v) is 9.80. The van der Waals surface area contributed by atoms with Gasteiger partial charge in [-0.2, -0.15) is 0 Å². The minimum atomic E-state index is 1.12. The first-order valence-corrected chi connectivity index (χ1v) is 5.76. The second kappa shape index (κ2) is 4.06. The maximum Gasteiger partial charge on any atom is -0.0152 e. The minimum Gasteiger partial charge on any atom is -0.0613 e. The number of rotatable bonds is 2. The molecule has 0 nitrogen and oxygen atoms in total. The lowest BCUT2D eigenvalue weighted by atomic mass is 9.98. The molecule has 0 atom stereocenters. The molecule has 0 aliphatic heterocycles. The molecule has 0 amide bonds. The van der Waals surface area contributed by atoms with Gasteiger partial charge in [0.25, 0.3) is 0 Å². The van der Waals surface area contributed by atoms with Crippen molar-refractivity contribution >= 4 is 10.8 Å². The van der Waals surface area contributed by atoms with E-state index in [9.17, 15) is 0 Å². The van der Waals surface area contributed by atoms with Crippen LogP contribution in [0.2, 0.25) is 0 Å². The monoisotopic (exact) mass is 198 g/mol. The average Bonchev–Trinajstić information content (AvgIpc) is 2.28. The Hall–Kier alpha value is -1.30. The van der Waals surface area contributed by atoms with Crippen molar-refractivity contribution in [2.75, 3.05) is 0 Å². The van der Waals surface area contributed by atoms with Crippen molar-refractivity contribution in [1.82, 2.24) is 0 Å². The standard InChI is InChI=1S/C15H18/c1-4-12-6-7-14-9-13(5-2)8-11(3)15(14)10-12/h6-10H,4-5H2,1-3H3. The fourth-order valence-electron chi connectivity index (χ4n) is 2.09. The van der Waals surface area contributed by atoms with Gasteiger partial charge >= 0.3 is 0 Å². The second-order valence-electron chi connectivity index (χ2n) is 4.18. The van der Waals surface area contributed by atoms with Crippen LogP contribution in [-0.4, -0.2) is 0 Å². The van der Waals surface area contributed by atoms with Gasteiger partial charge in [0.1, 0.15) is 0 Å². The lowest BCUT2D eigenvalue weighted by Gasteiger charge is -2.07. The van der Waals surface area contributed by atoms with Gasteiger partial charge in [0.05, 0.1) is 0 Å². The third kappa shape index (κ3) is 1.90. The largest absolute Gasteiger partial charge is 0.0613 e. The fourth-order valence-corrected chi connectivity index (χ4v) is 2.09. The van der Waals surface area contributed by atoms with Gasteiger partial charge in [-0.05, 0) is 47.2 Å². The predicted molar refractivity (Wildman–Crippen MR) is 67.4 cm³/mol. The van der Waals surface area contributed by atoms with Gasteiger partial charge in [-0.25, -0.2) is 0 Å². The summed E-state index contributed by atoms with van der Waals surface area (Å²) in [7, 11) is 0. The Labute approximate surface area is 91.9 Å². The molecule has 0 aliphatic carbocycles. The molecule has 0 saturated carbocycles. The van der Waals surface area contributed by atoms with Gasteiger partial charge in [-0.15, -0.1) is 0 Å². The molecule has 0 N–H and O–H groups in total. The van der Waals surface area contributed by atoms with Crippen LogP contribution >= 0.6 is 0 Å². The van der Waals surface area contributed by atoms with Crippen LogP contribution in [0.15, 0.2) is 30.3 Å². The van der Waals surface area contributed by atoms with E-state index < -0.39 is 0 Å². The summed E-state index contributed by atoms with van der Waals surface area (Å²) in [6.07, 6.45) is 2.23. The molecule has 0 bridgehead atoms. The van der Waals surface area contributed by atoms with Crippen LogP contribution in [0.1, 0.15) is 30.5 Å². The highest BCUT2D eigenvalue weighted by atomic mass is 14.1. The topological polar surface area (TPSA) is 0 Å². The minimum absolute atomic E-state index is 1.12. The van der Waals surface area contributed by atoms with Crippen LogP contribution in [0.25, 0.3) is 10.8 Å². The van der Waals surface area contributed by atoms with Gasteiger partial charge in [0.2, 0.25) is 0 Å². The van der Waals surface area contributed by atoms with Crippen LogP contribution in [0.5, 0.6) is 0 Å². The van der Waals surface area contributed by atoms with Crippen LogP contribution < -0.4 is 0 Å². The SMILES string of the molecule is CCc1cc(C)c2cc(CC)ccc2c1. The molecule has 0 aromatic heterocycles. The Morgan fingerprint density at radius 3 is 2.27 bits per heavy atom. The molecular weight excluding hydrogens is 180 g/mol. The van der Waals surface area contributed by atoms with Gasteiger partial charge in [0, 0.05) is 0 Å². The van der Waals surface area contributed by atoms with E-state index in [0.29, 0.717) is 0 Å². The van der Waals surface area contributed by atoms with Crippen molar-refractivity contribution in [2.24, 2.45) is 0 Å². The Bertz CT molecular complexity index is 481. The maximum atomic E-state index is 2.32. The van der Waals surface area contributed by atoms with E-state index in [1.807, 2.05) is 0 Å². The third-order valence-corrected chi connectivity index (χ3v) is 3.10. The summed E-state index contributed by atoms with van der Waals surface area (Å²) in [6, 6.07) is 11.4. The Balaban J connectivity index is 2.68. The number of fused-ring (bicyclic) bond motifs is 1.